The third-order valence-corrected chi connectivity index (χ3v) is 4.51. The monoisotopic (exact) mass is 416 g/mol. The van der Waals surface area contributed by atoms with Gasteiger partial charge in [-0.15, -0.1) is 0 Å². The fraction of sp³-hybridized carbons (Fsp3) is 0.286. The van der Waals surface area contributed by atoms with Gasteiger partial charge in [0.2, 0.25) is 17.6 Å². The van der Waals surface area contributed by atoms with E-state index in [1.165, 1.54) is 6.07 Å². The summed E-state index contributed by atoms with van der Waals surface area (Å²) in [5, 5.41) is 6.73. The first-order valence-electron chi connectivity index (χ1n) is 9.25. The number of aryl methyl sites for hydroxylation is 1. The van der Waals surface area contributed by atoms with E-state index in [0.717, 1.165) is 16.8 Å². The number of para-hydroxylation sites is 1. The normalized spacial score (nSPS) is 11.2. The van der Waals surface area contributed by atoms with Crippen LogP contribution in [0.4, 0.5) is 14.5 Å². The van der Waals surface area contributed by atoms with Crippen LogP contribution in [-0.2, 0) is 11.3 Å². The van der Waals surface area contributed by atoms with Crippen molar-refractivity contribution >= 4 is 11.6 Å². The van der Waals surface area contributed by atoms with Crippen molar-refractivity contribution in [2.45, 2.75) is 27.0 Å². The Morgan fingerprint density at radius 1 is 1.20 bits per heavy atom. The van der Waals surface area contributed by atoms with Crippen molar-refractivity contribution < 1.29 is 22.8 Å². The van der Waals surface area contributed by atoms with Gasteiger partial charge in [-0.25, -0.2) is 0 Å². The van der Waals surface area contributed by atoms with Gasteiger partial charge in [-0.1, -0.05) is 29.4 Å². The Labute approximate surface area is 172 Å². The molecule has 0 fully saturated rings. The molecule has 2 aromatic carbocycles. The first-order valence-corrected chi connectivity index (χ1v) is 9.25. The Hall–Kier alpha value is -3.33. The molecule has 0 bridgehead atoms. The second-order valence-corrected chi connectivity index (χ2v) is 6.85. The predicted molar refractivity (Wildman–Crippen MR) is 107 cm³/mol. The maximum atomic E-state index is 12.6. The molecular weight excluding hydrogens is 394 g/mol. The Morgan fingerprint density at radius 2 is 1.97 bits per heavy atom. The number of amides is 1. The third kappa shape index (κ3) is 5.38. The highest BCUT2D eigenvalue weighted by Crippen LogP contribution is 2.29. The smallest absolute Gasteiger partial charge is 0.387 e. The zero-order chi connectivity index (χ0) is 21.7. The summed E-state index contributed by atoms with van der Waals surface area (Å²) >= 11 is 0. The highest BCUT2D eigenvalue weighted by molar-refractivity contribution is 5.93. The molecule has 0 radical (unpaired) electrons. The molecule has 3 rings (SSSR count). The van der Waals surface area contributed by atoms with E-state index in [0.29, 0.717) is 5.56 Å². The Balaban J connectivity index is 1.62. The minimum Gasteiger partial charge on any atom is -0.434 e. The predicted octanol–water partition coefficient (Wildman–Crippen LogP) is 4.03. The minimum atomic E-state index is -2.96. The number of carbonyl (C=O) groups is 1. The average Bonchev–Trinajstić information content (AvgIpc) is 3.13. The lowest BCUT2D eigenvalue weighted by atomic mass is 10.1. The molecule has 1 N–H and O–H groups in total. The molecule has 0 unspecified atom stereocenters. The number of hydrogen-bond donors (Lipinski definition) is 1. The van der Waals surface area contributed by atoms with Gasteiger partial charge in [-0.05, 0) is 50.2 Å². The molecule has 1 amide bonds. The molecule has 9 heteroatoms. The Morgan fingerprint density at radius 3 is 2.73 bits per heavy atom. The summed E-state index contributed by atoms with van der Waals surface area (Å²) < 4.78 is 34.9. The Bertz CT molecular complexity index is 1020. The quantitative estimate of drug-likeness (QED) is 0.597. The van der Waals surface area contributed by atoms with E-state index in [2.05, 4.69) is 20.2 Å². The van der Waals surface area contributed by atoms with Crippen LogP contribution >= 0.6 is 0 Å². The number of nitrogens with zero attached hydrogens (tertiary/aromatic N) is 3. The summed E-state index contributed by atoms with van der Waals surface area (Å²) in [6.45, 7) is 1.29. The fourth-order valence-corrected chi connectivity index (χ4v) is 2.89. The summed E-state index contributed by atoms with van der Waals surface area (Å²) in [6, 6.07) is 11.9. The van der Waals surface area contributed by atoms with Crippen LogP contribution in [0.5, 0.6) is 5.75 Å². The van der Waals surface area contributed by atoms with Crippen molar-refractivity contribution in [3.8, 4) is 17.1 Å². The molecule has 0 saturated heterocycles. The number of benzene rings is 2. The summed E-state index contributed by atoms with van der Waals surface area (Å²) in [4.78, 5) is 18.3. The third-order valence-electron chi connectivity index (χ3n) is 4.51. The summed E-state index contributed by atoms with van der Waals surface area (Å²) in [5.74, 6) is 0.163. The molecule has 30 heavy (non-hydrogen) atoms. The van der Waals surface area contributed by atoms with E-state index >= 15 is 0 Å². The van der Waals surface area contributed by atoms with E-state index < -0.39 is 6.61 Å². The van der Waals surface area contributed by atoms with E-state index in [1.807, 2.05) is 32.0 Å². The molecule has 0 aliphatic rings. The van der Waals surface area contributed by atoms with E-state index in [1.54, 1.807) is 30.1 Å². The number of rotatable bonds is 8. The second-order valence-electron chi connectivity index (χ2n) is 6.85. The topological polar surface area (TPSA) is 80.5 Å². The molecule has 0 aliphatic heterocycles. The van der Waals surface area contributed by atoms with Crippen molar-refractivity contribution in [1.82, 2.24) is 15.0 Å². The molecule has 0 saturated carbocycles. The standard InChI is InChI=1S/C21H22F2N4O3/c1-13-7-6-9-16(14(13)2)24-18(28)11-27(3)12-19-25-20(26-30-19)15-8-4-5-10-17(15)29-21(22)23/h4-10,21H,11-12H2,1-3H3,(H,24,28). The number of likely N-dealkylation sites (N-methyl/N-ethyl adjacent to an activating group) is 1. The molecule has 1 aromatic heterocycles. The van der Waals surface area contributed by atoms with Crippen molar-refractivity contribution in [2.75, 3.05) is 18.9 Å². The second kappa shape index (κ2) is 9.45. The van der Waals surface area contributed by atoms with Gasteiger partial charge in [0.15, 0.2) is 0 Å². The van der Waals surface area contributed by atoms with Crippen molar-refractivity contribution in [2.24, 2.45) is 0 Å². The lowest BCUT2D eigenvalue weighted by Gasteiger charge is -2.15. The van der Waals surface area contributed by atoms with Crippen LogP contribution in [0.1, 0.15) is 17.0 Å². The van der Waals surface area contributed by atoms with Gasteiger partial charge in [0.25, 0.3) is 0 Å². The first-order chi connectivity index (χ1) is 14.3. The lowest BCUT2D eigenvalue weighted by Crippen LogP contribution is -2.30. The number of anilines is 1. The Kier molecular flexibility index (Phi) is 6.73. The SMILES string of the molecule is Cc1cccc(NC(=O)CN(C)Cc2nc(-c3ccccc3OC(F)F)no2)c1C. The number of ether oxygens (including phenoxy) is 1. The van der Waals surface area contributed by atoms with Gasteiger partial charge in [0, 0.05) is 5.69 Å². The van der Waals surface area contributed by atoms with Gasteiger partial charge >= 0.3 is 6.61 Å². The average molecular weight is 416 g/mol. The van der Waals surface area contributed by atoms with Crippen LogP contribution < -0.4 is 10.1 Å². The highest BCUT2D eigenvalue weighted by Gasteiger charge is 2.17. The maximum absolute atomic E-state index is 12.6. The summed E-state index contributed by atoms with van der Waals surface area (Å²) in [7, 11) is 1.74. The summed E-state index contributed by atoms with van der Waals surface area (Å²) in [6.07, 6.45) is 0. The molecule has 0 atom stereocenters. The molecule has 7 nitrogen and oxygen atoms in total. The van der Waals surface area contributed by atoms with Gasteiger partial charge < -0.3 is 14.6 Å². The molecule has 1 heterocycles. The summed E-state index contributed by atoms with van der Waals surface area (Å²) in [5.41, 5.74) is 3.17. The van der Waals surface area contributed by atoms with Gasteiger partial charge in [-0.3, -0.25) is 9.69 Å². The lowest BCUT2D eigenvalue weighted by molar-refractivity contribution is -0.117. The van der Waals surface area contributed by atoms with Crippen LogP contribution in [0, 0.1) is 13.8 Å². The van der Waals surface area contributed by atoms with Crippen LogP contribution in [0.25, 0.3) is 11.4 Å². The van der Waals surface area contributed by atoms with Gasteiger partial charge in [0.05, 0.1) is 18.7 Å². The fourth-order valence-electron chi connectivity index (χ4n) is 2.89. The highest BCUT2D eigenvalue weighted by atomic mass is 19.3. The van der Waals surface area contributed by atoms with Crippen LogP contribution in [-0.4, -0.2) is 41.2 Å². The zero-order valence-electron chi connectivity index (χ0n) is 16.9. The molecule has 0 spiro atoms. The number of aromatic nitrogens is 2. The number of nitrogens with one attached hydrogen (secondary N) is 1. The minimum absolute atomic E-state index is 0.0406. The van der Waals surface area contributed by atoms with E-state index in [9.17, 15) is 13.6 Å². The molecule has 3 aromatic rings. The van der Waals surface area contributed by atoms with Gasteiger partial charge in [-0.2, -0.15) is 13.8 Å². The van der Waals surface area contributed by atoms with Crippen molar-refractivity contribution in [3.63, 3.8) is 0 Å². The number of alkyl halides is 2. The zero-order valence-corrected chi connectivity index (χ0v) is 16.9. The largest absolute Gasteiger partial charge is 0.434 e. The molecular formula is C21H22F2N4O3. The van der Waals surface area contributed by atoms with Gasteiger partial charge in [0.1, 0.15) is 5.75 Å². The van der Waals surface area contributed by atoms with E-state index in [-0.39, 0.29) is 36.5 Å². The maximum Gasteiger partial charge on any atom is 0.387 e. The van der Waals surface area contributed by atoms with Crippen LogP contribution in [0.3, 0.4) is 0 Å². The number of hydrogen-bond acceptors (Lipinski definition) is 6. The molecule has 158 valence electrons. The van der Waals surface area contributed by atoms with Crippen LogP contribution in [0.2, 0.25) is 0 Å². The molecule has 0 aliphatic carbocycles. The first kappa shape index (κ1) is 21.4. The number of halogens is 2. The van der Waals surface area contributed by atoms with Crippen molar-refractivity contribution in [3.05, 3.63) is 59.5 Å². The van der Waals surface area contributed by atoms with Crippen LogP contribution in [0.15, 0.2) is 47.0 Å². The number of carbonyl (C=O) groups excluding carboxylic acids is 1. The van der Waals surface area contributed by atoms with E-state index in [4.69, 9.17) is 4.52 Å². The van der Waals surface area contributed by atoms with Crippen molar-refractivity contribution in [1.29, 1.82) is 0 Å².